The average Bonchev–Trinajstić information content (AvgIpc) is 3.51. The summed E-state index contributed by atoms with van der Waals surface area (Å²) < 4.78 is 2.63. The van der Waals surface area contributed by atoms with Gasteiger partial charge >= 0.3 is 0 Å². The highest BCUT2D eigenvalue weighted by Crippen LogP contribution is 2.28. The van der Waals surface area contributed by atoms with Gasteiger partial charge in [-0.1, -0.05) is 12.1 Å². The Kier molecular flexibility index (Phi) is 5.03. The molecular weight excluding hydrogens is 512 g/mol. The zero-order chi connectivity index (χ0) is 24.1. The van der Waals surface area contributed by atoms with Crippen LogP contribution in [0, 0.1) is 0 Å². The van der Waals surface area contributed by atoms with Crippen LogP contribution in [-0.2, 0) is 13.1 Å². The van der Waals surface area contributed by atoms with E-state index in [-0.39, 0.29) is 23.1 Å². The normalized spacial score (nSPS) is 13.2. The Labute approximate surface area is 206 Å². The fourth-order valence-corrected chi connectivity index (χ4v) is 5.06. The van der Waals surface area contributed by atoms with Gasteiger partial charge in [-0.3, -0.25) is 14.4 Å². The number of hydrogen-bond acceptors (Lipinski definition) is 4. The van der Waals surface area contributed by atoms with Gasteiger partial charge in [-0.05, 0) is 51.6 Å². The maximum absolute atomic E-state index is 13.3. The molecular formula is C25H19BrN6O3. The van der Waals surface area contributed by atoms with Crippen molar-refractivity contribution >= 4 is 55.1 Å². The summed E-state index contributed by atoms with van der Waals surface area (Å²) in [6, 6.07) is 12.7. The number of nitrogens with one attached hydrogen (secondary N) is 3. The Balaban J connectivity index is 1.21. The van der Waals surface area contributed by atoms with E-state index in [0.29, 0.717) is 42.1 Å². The van der Waals surface area contributed by atoms with Gasteiger partial charge in [0.15, 0.2) is 0 Å². The number of rotatable bonds is 3. The average molecular weight is 531 g/mol. The second-order valence-electron chi connectivity index (χ2n) is 8.39. The quantitative estimate of drug-likeness (QED) is 0.328. The number of fused-ring (bicyclic) bond motifs is 3. The van der Waals surface area contributed by atoms with Crippen molar-refractivity contribution in [3.63, 3.8) is 0 Å². The van der Waals surface area contributed by atoms with Crippen molar-refractivity contribution in [3.05, 3.63) is 93.0 Å². The molecule has 4 heterocycles. The third-order valence-electron chi connectivity index (χ3n) is 6.25. The first-order valence-corrected chi connectivity index (χ1v) is 11.8. The summed E-state index contributed by atoms with van der Waals surface area (Å²) in [7, 11) is 0. The van der Waals surface area contributed by atoms with Crippen molar-refractivity contribution in [1.82, 2.24) is 24.4 Å². The molecule has 0 saturated heterocycles. The van der Waals surface area contributed by atoms with Crippen molar-refractivity contribution < 1.29 is 9.59 Å². The minimum absolute atomic E-state index is 0.102. The second-order valence-corrected chi connectivity index (χ2v) is 9.19. The topological polar surface area (TPSA) is 116 Å². The lowest BCUT2D eigenvalue weighted by atomic mass is 10.1. The number of anilines is 1. The lowest BCUT2D eigenvalue weighted by Gasteiger charge is -2.28. The van der Waals surface area contributed by atoms with Crippen LogP contribution in [0.1, 0.15) is 26.7 Å². The summed E-state index contributed by atoms with van der Waals surface area (Å²) in [4.78, 5) is 50.2. The van der Waals surface area contributed by atoms with Crippen LogP contribution in [-0.4, -0.2) is 42.8 Å². The molecule has 174 valence electrons. The summed E-state index contributed by atoms with van der Waals surface area (Å²) >= 11 is 3.56. The number of aromatic nitrogens is 4. The minimum Gasteiger partial charge on any atom is -0.360 e. The van der Waals surface area contributed by atoms with E-state index in [1.807, 2.05) is 29.0 Å². The number of pyridine rings is 1. The van der Waals surface area contributed by atoms with E-state index in [4.69, 9.17) is 0 Å². The highest BCUT2D eigenvalue weighted by Gasteiger charge is 2.26. The van der Waals surface area contributed by atoms with Crippen LogP contribution >= 0.6 is 15.9 Å². The lowest BCUT2D eigenvalue weighted by molar-refractivity contribution is 0.0706. The summed E-state index contributed by atoms with van der Waals surface area (Å²) in [6.07, 6.45) is 5.12. The molecule has 3 aromatic heterocycles. The number of hydrogen-bond donors (Lipinski definition) is 3. The molecule has 9 nitrogen and oxygen atoms in total. The van der Waals surface area contributed by atoms with E-state index in [9.17, 15) is 14.4 Å². The fourth-order valence-electron chi connectivity index (χ4n) is 4.42. The molecule has 0 saturated carbocycles. The molecule has 1 aliphatic heterocycles. The SMILES string of the molecule is O=C(Nc1ccc2cc[nH]c(=O)c2c1)c1cn2c(n1)CN(C(=O)c1ccc3cc[nH]c3c1Br)CC2. The molecule has 0 atom stereocenters. The van der Waals surface area contributed by atoms with Gasteiger partial charge in [0, 0.05) is 48.1 Å². The lowest BCUT2D eigenvalue weighted by Crippen LogP contribution is -2.38. The van der Waals surface area contributed by atoms with Crippen molar-refractivity contribution in [3.8, 4) is 0 Å². The van der Waals surface area contributed by atoms with Crippen LogP contribution in [0.5, 0.6) is 0 Å². The molecule has 0 bridgehead atoms. The van der Waals surface area contributed by atoms with Gasteiger partial charge in [0.1, 0.15) is 11.5 Å². The summed E-state index contributed by atoms with van der Waals surface area (Å²) in [5, 5.41) is 5.11. The molecule has 0 spiro atoms. The Morgan fingerprint density at radius 1 is 1.00 bits per heavy atom. The third kappa shape index (κ3) is 3.71. The first-order valence-electron chi connectivity index (χ1n) is 11.0. The first kappa shape index (κ1) is 21.4. The number of carbonyl (C=O) groups excluding carboxylic acids is 2. The molecule has 35 heavy (non-hydrogen) atoms. The molecule has 1 aliphatic rings. The Morgan fingerprint density at radius 2 is 1.80 bits per heavy atom. The maximum Gasteiger partial charge on any atom is 0.275 e. The van der Waals surface area contributed by atoms with Crippen LogP contribution in [0.4, 0.5) is 5.69 Å². The zero-order valence-corrected chi connectivity index (χ0v) is 19.9. The van der Waals surface area contributed by atoms with Gasteiger partial charge in [-0.25, -0.2) is 4.98 Å². The van der Waals surface area contributed by atoms with E-state index in [1.165, 1.54) is 0 Å². The van der Waals surface area contributed by atoms with Gasteiger partial charge in [0.25, 0.3) is 17.4 Å². The molecule has 6 rings (SSSR count). The van der Waals surface area contributed by atoms with Crippen LogP contribution in [0.15, 0.2) is 70.3 Å². The van der Waals surface area contributed by atoms with E-state index in [2.05, 4.69) is 36.2 Å². The molecule has 2 amide bonds. The molecule has 10 heteroatoms. The van der Waals surface area contributed by atoms with Crippen molar-refractivity contribution in [2.45, 2.75) is 13.1 Å². The maximum atomic E-state index is 13.3. The number of H-pyrrole nitrogens is 2. The van der Waals surface area contributed by atoms with Crippen LogP contribution < -0.4 is 10.9 Å². The van der Waals surface area contributed by atoms with E-state index >= 15 is 0 Å². The van der Waals surface area contributed by atoms with Crippen LogP contribution in [0.2, 0.25) is 0 Å². The number of benzene rings is 2. The minimum atomic E-state index is -0.378. The van der Waals surface area contributed by atoms with Crippen molar-refractivity contribution in [1.29, 1.82) is 0 Å². The van der Waals surface area contributed by atoms with Crippen molar-refractivity contribution in [2.75, 3.05) is 11.9 Å². The molecule has 0 radical (unpaired) electrons. The molecule has 2 aromatic carbocycles. The summed E-state index contributed by atoms with van der Waals surface area (Å²) in [5.41, 5.74) is 1.99. The third-order valence-corrected chi connectivity index (χ3v) is 7.07. The van der Waals surface area contributed by atoms with Gasteiger partial charge < -0.3 is 24.8 Å². The first-order chi connectivity index (χ1) is 17.0. The molecule has 5 aromatic rings. The summed E-state index contributed by atoms with van der Waals surface area (Å²) in [5.74, 6) is 0.160. The van der Waals surface area contributed by atoms with Gasteiger partial charge in [-0.15, -0.1) is 0 Å². The number of aromatic amines is 2. The molecule has 0 fully saturated rings. The van der Waals surface area contributed by atoms with Crippen LogP contribution in [0.25, 0.3) is 21.7 Å². The number of nitrogens with zero attached hydrogens (tertiary/aromatic N) is 3. The number of amides is 2. The zero-order valence-electron chi connectivity index (χ0n) is 18.3. The Morgan fingerprint density at radius 3 is 2.69 bits per heavy atom. The Hall–Kier alpha value is -4.18. The fraction of sp³-hybridized carbons (Fsp3) is 0.120. The predicted octanol–water partition coefficient (Wildman–Crippen LogP) is 3.88. The smallest absolute Gasteiger partial charge is 0.275 e. The van der Waals surface area contributed by atoms with E-state index < -0.39 is 0 Å². The van der Waals surface area contributed by atoms with E-state index in [1.54, 1.807) is 41.6 Å². The van der Waals surface area contributed by atoms with Crippen LogP contribution in [0.3, 0.4) is 0 Å². The van der Waals surface area contributed by atoms with Gasteiger partial charge in [0.05, 0.1) is 22.1 Å². The second kappa shape index (κ2) is 8.24. The highest BCUT2D eigenvalue weighted by atomic mass is 79.9. The predicted molar refractivity (Wildman–Crippen MR) is 135 cm³/mol. The standard InChI is InChI=1S/C25H19BrN6O3/c26-21-17(4-2-15-6-7-27-22(15)21)25(35)32-10-9-31-12-19(30-20(31)13-32)24(34)29-16-3-1-14-5-8-28-23(33)18(14)11-16/h1-8,11-12,27H,9-10,13H2,(H,28,33)(H,29,34). The highest BCUT2D eigenvalue weighted by molar-refractivity contribution is 9.10. The molecule has 0 unspecified atom stereocenters. The monoisotopic (exact) mass is 530 g/mol. The van der Waals surface area contributed by atoms with Crippen molar-refractivity contribution in [2.24, 2.45) is 0 Å². The molecule has 0 aliphatic carbocycles. The summed E-state index contributed by atoms with van der Waals surface area (Å²) in [6.45, 7) is 1.34. The molecule has 3 N–H and O–H groups in total. The van der Waals surface area contributed by atoms with Gasteiger partial charge in [-0.2, -0.15) is 0 Å². The number of halogens is 1. The van der Waals surface area contributed by atoms with E-state index in [0.717, 1.165) is 20.8 Å². The Bertz CT molecular complexity index is 1700. The number of carbonyl (C=O) groups is 2. The largest absolute Gasteiger partial charge is 0.360 e. The van der Waals surface area contributed by atoms with Gasteiger partial charge in [0.2, 0.25) is 0 Å². The number of imidazole rings is 1.